The van der Waals surface area contributed by atoms with Gasteiger partial charge in [0.05, 0.1) is 26.1 Å². The van der Waals surface area contributed by atoms with Crippen molar-refractivity contribution in [2.24, 2.45) is 0 Å². The molecule has 1 saturated heterocycles. The average molecular weight is 516 g/mol. The summed E-state index contributed by atoms with van der Waals surface area (Å²) in [6, 6.07) is 0. The van der Waals surface area contributed by atoms with E-state index in [1.54, 1.807) is 0 Å². The van der Waals surface area contributed by atoms with Crippen LogP contribution in [0.1, 0.15) is 151 Å². The Morgan fingerprint density at radius 3 is 1.31 bits per heavy atom. The van der Waals surface area contributed by atoms with E-state index in [4.69, 9.17) is 9.78 Å². The molecule has 0 saturated carbocycles. The number of unbranched alkanes of at least 4 members (excludes halogenated alkanes) is 10. The molecule has 7 nitrogen and oxygen atoms in total. The van der Waals surface area contributed by atoms with Crippen molar-refractivity contribution in [2.45, 2.75) is 162 Å². The van der Waals surface area contributed by atoms with Gasteiger partial charge in [-0.3, -0.25) is 9.78 Å². The molecule has 214 valence electrons. The molecule has 0 atom stereocenters. The molecule has 1 N–H and O–H groups in total. The lowest BCUT2D eigenvalue weighted by Gasteiger charge is -2.42. The number of hydrogen-bond acceptors (Lipinski definition) is 7. The van der Waals surface area contributed by atoms with Crippen LogP contribution in [0.15, 0.2) is 0 Å². The van der Waals surface area contributed by atoms with Gasteiger partial charge in [0.2, 0.25) is 0 Å². The van der Waals surface area contributed by atoms with E-state index in [1.165, 1.54) is 70.6 Å². The summed E-state index contributed by atoms with van der Waals surface area (Å²) < 4.78 is 0. The molecule has 0 spiro atoms. The number of piperidine rings is 1. The molecular formula is C29H57NO6. The summed E-state index contributed by atoms with van der Waals surface area (Å²) in [5, 5.41) is 3.63. The summed E-state index contributed by atoms with van der Waals surface area (Å²) in [6.45, 7) is 14.3. The van der Waals surface area contributed by atoms with Crippen LogP contribution in [0, 0.1) is 0 Å². The number of carbonyl (C=O) groups excluding carboxylic acids is 2. The molecule has 0 aromatic carbocycles. The zero-order chi connectivity index (χ0) is 27.1. The minimum atomic E-state index is -0.566. The maximum atomic E-state index is 11.4. The minimum absolute atomic E-state index is 0.0737. The fourth-order valence-corrected chi connectivity index (χ4v) is 4.40. The quantitative estimate of drug-likeness (QED) is 0.107. The van der Waals surface area contributed by atoms with Crippen molar-refractivity contribution in [3.05, 3.63) is 0 Å². The topological polar surface area (TPSA) is 83.1 Å². The van der Waals surface area contributed by atoms with E-state index in [9.17, 15) is 9.59 Å². The predicted octanol–water partition coefficient (Wildman–Crippen LogP) is 7.75. The Balaban J connectivity index is 0.00000101. The molecule has 0 radical (unpaired) electrons. The highest BCUT2D eigenvalue weighted by molar-refractivity contribution is 5.76. The lowest BCUT2D eigenvalue weighted by Crippen LogP contribution is -2.55. The zero-order valence-corrected chi connectivity index (χ0v) is 24.4. The van der Waals surface area contributed by atoms with Crippen LogP contribution in [0.5, 0.6) is 0 Å². The number of hydrogen-bond donors (Lipinski definition) is 1. The van der Waals surface area contributed by atoms with Crippen molar-refractivity contribution in [3.63, 3.8) is 0 Å². The molecule has 0 aromatic rings. The molecule has 0 amide bonds. The minimum Gasteiger partial charge on any atom is -0.307 e. The third kappa shape index (κ3) is 23.2. The van der Waals surface area contributed by atoms with Gasteiger partial charge in [-0.15, -0.1) is 0 Å². The van der Waals surface area contributed by atoms with Gasteiger partial charge in [-0.2, -0.15) is 9.78 Å². The monoisotopic (exact) mass is 515 g/mol. The van der Waals surface area contributed by atoms with Gasteiger partial charge in [-0.25, -0.2) is 9.59 Å². The van der Waals surface area contributed by atoms with Crippen LogP contribution in [-0.2, 0) is 29.1 Å². The van der Waals surface area contributed by atoms with Gasteiger partial charge in [-0.1, -0.05) is 78.1 Å². The Bertz CT molecular complexity index is 504. The SMILES string of the molecule is CC1(C)CCCC(C)(C)N1.CCCCCCCCOOC(=O)CCC(=O)OOCCCCCCCC. The van der Waals surface area contributed by atoms with Crippen LogP contribution in [0.3, 0.4) is 0 Å². The molecule has 0 bridgehead atoms. The third-order valence-electron chi connectivity index (χ3n) is 6.28. The molecule has 1 fully saturated rings. The van der Waals surface area contributed by atoms with E-state index in [0.29, 0.717) is 24.3 Å². The van der Waals surface area contributed by atoms with Crippen LogP contribution in [0.2, 0.25) is 0 Å². The van der Waals surface area contributed by atoms with Gasteiger partial charge in [0.15, 0.2) is 0 Å². The average Bonchev–Trinajstić information content (AvgIpc) is 2.80. The van der Waals surface area contributed by atoms with E-state index < -0.39 is 11.9 Å². The Labute approximate surface area is 221 Å². The third-order valence-corrected chi connectivity index (χ3v) is 6.28. The van der Waals surface area contributed by atoms with E-state index in [0.717, 1.165) is 25.7 Å². The molecule has 36 heavy (non-hydrogen) atoms. The first-order valence-electron chi connectivity index (χ1n) is 14.6. The molecule has 1 rings (SSSR count). The van der Waals surface area contributed by atoms with Gasteiger partial charge in [0.1, 0.15) is 0 Å². The van der Waals surface area contributed by atoms with Crippen LogP contribution < -0.4 is 5.32 Å². The van der Waals surface area contributed by atoms with Gasteiger partial charge < -0.3 is 5.32 Å². The van der Waals surface area contributed by atoms with E-state index >= 15 is 0 Å². The summed E-state index contributed by atoms with van der Waals surface area (Å²) in [4.78, 5) is 41.8. The van der Waals surface area contributed by atoms with Crippen molar-refractivity contribution in [2.75, 3.05) is 13.2 Å². The van der Waals surface area contributed by atoms with E-state index in [1.807, 2.05) is 0 Å². The Hall–Kier alpha value is -1.18. The molecule has 1 aliphatic heterocycles. The number of carbonyl (C=O) groups is 2. The molecule has 1 heterocycles. The van der Waals surface area contributed by atoms with Gasteiger partial charge >= 0.3 is 11.9 Å². The van der Waals surface area contributed by atoms with Crippen molar-refractivity contribution in [3.8, 4) is 0 Å². The summed E-state index contributed by atoms with van der Waals surface area (Å²) >= 11 is 0. The highest BCUT2D eigenvalue weighted by Gasteiger charge is 2.31. The lowest BCUT2D eigenvalue weighted by atomic mass is 9.83. The van der Waals surface area contributed by atoms with Crippen LogP contribution in [-0.4, -0.2) is 36.2 Å². The summed E-state index contributed by atoms with van der Waals surface area (Å²) in [5.74, 6) is -1.13. The summed E-state index contributed by atoms with van der Waals surface area (Å²) in [5.41, 5.74) is 0.726. The molecule has 7 heteroatoms. The standard InChI is InChI=1S/C20H38O6.C9H19N/c1-3-5-7-9-11-13-17-23-25-19(21)15-16-20(22)26-24-18-14-12-10-8-6-4-2;1-8(2)6-5-7-9(3,4)10-8/h3-18H2,1-2H3;10H,5-7H2,1-4H3. The Morgan fingerprint density at radius 2 is 0.972 bits per heavy atom. The number of rotatable bonds is 19. The van der Waals surface area contributed by atoms with Crippen molar-refractivity contribution in [1.82, 2.24) is 5.32 Å². The molecule has 0 unspecified atom stereocenters. The van der Waals surface area contributed by atoms with E-state index in [-0.39, 0.29) is 12.8 Å². The Morgan fingerprint density at radius 1 is 0.611 bits per heavy atom. The molecule has 1 aliphatic rings. The zero-order valence-electron chi connectivity index (χ0n) is 24.4. The second-order valence-electron chi connectivity index (χ2n) is 11.3. The highest BCUT2D eigenvalue weighted by Crippen LogP contribution is 2.27. The molecule has 0 aromatic heterocycles. The van der Waals surface area contributed by atoms with Crippen molar-refractivity contribution >= 4 is 11.9 Å². The van der Waals surface area contributed by atoms with Crippen molar-refractivity contribution in [1.29, 1.82) is 0 Å². The highest BCUT2D eigenvalue weighted by atomic mass is 17.2. The first-order chi connectivity index (χ1) is 17.1. The van der Waals surface area contributed by atoms with Gasteiger partial charge in [0.25, 0.3) is 0 Å². The summed E-state index contributed by atoms with van der Waals surface area (Å²) in [6.07, 6.45) is 17.5. The molecular weight excluding hydrogens is 458 g/mol. The number of nitrogens with one attached hydrogen (secondary N) is 1. The van der Waals surface area contributed by atoms with Crippen LogP contribution in [0.25, 0.3) is 0 Å². The normalized spacial score (nSPS) is 16.1. The first-order valence-corrected chi connectivity index (χ1v) is 14.6. The fourth-order valence-electron chi connectivity index (χ4n) is 4.40. The van der Waals surface area contributed by atoms with Crippen molar-refractivity contribution < 1.29 is 29.1 Å². The second kappa shape index (κ2) is 21.9. The van der Waals surface area contributed by atoms with Crippen LogP contribution >= 0.6 is 0 Å². The maximum absolute atomic E-state index is 11.4. The second-order valence-corrected chi connectivity index (χ2v) is 11.3. The van der Waals surface area contributed by atoms with Gasteiger partial charge in [0, 0.05) is 11.1 Å². The Kier molecular flexibility index (Phi) is 21.1. The summed E-state index contributed by atoms with van der Waals surface area (Å²) in [7, 11) is 0. The first kappa shape index (κ1) is 34.8. The largest absolute Gasteiger partial charge is 0.342 e. The molecule has 0 aliphatic carbocycles. The van der Waals surface area contributed by atoms with Gasteiger partial charge in [-0.05, 0) is 59.8 Å². The van der Waals surface area contributed by atoms with E-state index in [2.05, 4.69) is 56.6 Å². The smallest absolute Gasteiger partial charge is 0.307 e. The fraction of sp³-hybridized carbons (Fsp3) is 0.931. The lowest BCUT2D eigenvalue weighted by molar-refractivity contribution is -0.278. The predicted molar refractivity (Wildman–Crippen MR) is 145 cm³/mol. The maximum Gasteiger partial charge on any atom is 0.342 e. The van der Waals surface area contributed by atoms with Crippen LogP contribution in [0.4, 0.5) is 0 Å².